The number of hydrogen-bond acceptors (Lipinski definition) is 4. The van der Waals surface area contributed by atoms with Crippen LogP contribution < -0.4 is 11.1 Å². The number of fused-ring (bicyclic) bond motifs is 1. The number of carbonyl (C=O) groups excluding carboxylic acids is 1. The fourth-order valence-electron chi connectivity index (χ4n) is 3.68. The van der Waals surface area contributed by atoms with E-state index < -0.39 is 11.7 Å². The lowest BCUT2D eigenvalue weighted by Crippen LogP contribution is -2.27. The topological polar surface area (TPSA) is 85.3 Å². The van der Waals surface area contributed by atoms with Gasteiger partial charge in [-0.05, 0) is 60.2 Å². The van der Waals surface area contributed by atoms with Gasteiger partial charge in [0.05, 0.1) is 5.56 Å². The van der Waals surface area contributed by atoms with Crippen LogP contribution in [0.4, 0.5) is 10.3 Å². The fourth-order valence-corrected chi connectivity index (χ4v) is 3.81. The molecule has 164 valence electrons. The lowest BCUT2D eigenvalue weighted by Gasteiger charge is -2.14. The molecule has 0 atom stereocenters. The van der Waals surface area contributed by atoms with Crippen molar-refractivity contribution in [2.24, 2.45) is 0 Å². The van der Waals surface area contributed by atoms with E-state index in [1.54, 1.807) is 30.5 Å². The highest BCUT2D eigenvalue weighted by molar-refractivity contribution is 6.30. The summed E-state index contributed by atoms with van der Waals surface area (Å²) in [5, 5.41) is 7.58. The normalized spacial score (nSPS) is 11.1. The molecule has 0 saturated carbocycles. The molecular weight excluding hydrogens is 429 g/mol. The summed E-state index contributed by atoms with van der Waals surface area (Å²) in [5.41, 5.74) is 8.95. The van der Waals surface area contributed by atoms with Gasteiger partial charge in [-0.3, -0.25) is 4.79 Å². The summed E-state index contributed by atoms with van der Waals surface area (Å²) in [5.74, 6) is -0.816. The van der Waals surface area contributed by atoms with E-state index in [1.165, 1.54) is 4.52 Å². The molecule has 3 N–H and O–H groups in total. The zero-order valence-corrected chi connectivity index (χ0v) is 18.4. The van der Waals surface area contributed by atoms with Crippen LogP contribution in [0.2, 0.25) is 5.02 Å². The molecule has 0 unspecified atom stereocenters. The molecule has 0 saturated heterocycles. The molecule has 0 aliphatic heterocycles. The summed E-state index contributed by atoms with van der Waals surface area (Å²) >= 11 is 5.91. The maximum Gasteiger partial charge on any atom is 0.254 e. The van der Waals surface area contributed by atoms with Crippen LogP contribution in [-0.2, 0) is 12.8 Å². The van der Waals surface area contributed by atoms with Gasteiger partial charge in [-0.2, -0.15) is 4.98 Å². The third-order valence-electron chi connectivity index (χ3n) is 5.34. The Balaban J connectivity index is 1.52. The minimum absolute atomic E-state index is 0.0809. The second-order valence-corrected chi connectivity index (χ2v) is 7.93. The van der Waals surface area contributed by atoms with Crippen LogP contribution in [0.25, 0.3) is 16.8 Å². The zero-order chi connectivity index (χ0) is 22.7. The van der Waals surface area contributed by atoms with Crippen LogP contribution >= 0.6 is 11.6 Å². The quantitative estimate of drug-likeness (QED) is 0.399. The molecule has 0 aliphatic rings. The Labute approximate surface area is 190 Å². The maximum atomic E-state index is 15.5. The molecule has 0 bridgehead atoms. The number of halogens is 2. The van der Waals surface area contributed by atoms with Crippen LogP contribution in [0, 0.1) is 5.82 Å². The molecular formula is C24H23ClFN5O. The molecule has 2 aromatic carbocycles. The van der Waals surface area contributed by atoms with E-state index in [1.807, 2.05) is 31.2 Å². The predicted molar refractivity (Wildman–Crippen MR) is 124 cm³/mol. The molecule has 0 fully saturated rings. The van der Waals surface area contributed by atoms with Gasteiger partial charge in [-0.25, -0.2) is 8.91 Å². The van der Waals surface area contributed by atoms with Crippen molar-refractivity contribution in [3.8, 4) is 11.1 Å². The molecule has 1 amide bonds. The third-order valence-corrected chi connectivity index (χ3v) is 5.59. The van der Waals surface area contributed by atoms with E-state index in [0.717, 1.165) is 18.4 Å². The van der Waals surface area contributed by atoms with Gasteiger partial charge >= 0.3 is 0 Å². The van der Waals surface area contributed by atoms with Crippen LogP contribution in [0.5, 0.6) is 0 Å². The largest absolute Gasteiger partial charge is 0.366 e. The van der Waals surface area contributed by atoms with Crippen molar-refractivity contribution in [3.05, 3.63) is 82.3 Å². The molecule has 6 nitrogen and oxygen atoms in total. The Kier molecular flexibility index (Phi) is 6.37. The Hall–Kier alpha value is -3.45. The van der Waals surface area contributed by atoms with Gasteiger partial charge in [-0.1, -0.05) is 42.8 Å². The molecule has 0 radical (unpaired) electrons. The Morgan fingerprint density at radius 3 is 2.72 bits per heavy atom. The Morgan fingerprint density at radius 2 is 1.97 bits per heavy atom. The number of nitrogens with two attached hydrogens (primary N) is 1. The standard InChI is InChI=1S/C24H23ClFN5O/c1-2-16-7-10-19(17-11-13-31-20(14-17)29-24(27)30-31)22(26)21(16)23(32)28-12-3-4-15-5-8-18(25)9-6-15/h5-11,13-14H,2-4,12H2,1H3,(H2,27,30)(H,28,32). The number of amides is 1. The summed E-state index contributed by atoms with van der Waals surface area (Å²) in [6.45, 7) is 2.34. The Morgan fingerprint density at radius 1 is 1.19 bits per heavy atom. The van der Waals surface area contributed by atoms with Crippen LogP contribution in [0.3, 0.4) is 0 Å². The fraction of sp³-hybridized carbons (Fsp3) is 0.208. The van der Waals surface area contributed by atoms with E-state index in [-0.39, 0.29) is 11.5 Å². The molecule has 0 aliphatic carbocycles. The first-order valence-electron chi connectivity index (χ1n) is 10.4. The molecule has 8 heteroatoms. The first-order valence-corrected chi connectivity index (χ1v) is 10.8. The number of nitrogens with zero attached hydrogens (tertiary/aromatic N) is 3. The van der Waals surface area contributed by atoms with Crippen molar-refractivity contribution in [2.75, 3.05) is 12.3 Å². The maximum absolute atomic E-state index is 15.5. The highest BCUT2D eigenvalue weighted by Crippen LogP contribution is 2.28. The molecule has 0 spiro atoms. The van der Waals surface area contributed by atoms with Crippen LogP contribution in [-0.4, -0.2) is 27.0 Å². The number of nitrogens with one attached hydrogen (secondary N) is 1. The van der Waals surface area contributed by atoms with E-state index >= 15 is 4.39 Å². The number of aryl methyl sites for hydroxylation is 2. The first-order chi connectivity index (χ1) is 15.5. The number of nitrogen functional groups attached to an aromatic ring is 1. The Bertz CT molecular complexity index is 1270. The van der Waals surface area contributed by atoms with Crippen LogP contribution in [0.1, 0.15) is 34.8 Å². The number of carbonyl (C=O) groups is 1. The molecule has 32 heavy (non-hydrogen) atoms. The van der Waals surface area contributed by atoms with Gasteiger partial charge in [0.2, 0.25) is 5.95 Å². The van der Waals surface area contributed by atoms with E-state index in [4.69, 9.17) is 17.3 Å². The monoisotopic (exact) mass is 451 g/mol. The summed E-state index contributed by atoms with van der Waals surface area (Å²) in [6.07, 6.45) is 3.74. The molecule has 4 rings (SSSR count). The summed E-state index contributed by atoms with van der Waals surface area (Å²) in [7, 11) is 0. The van der Waals surface area contributed by atoms with Gasteiger partial charge in [0.1, 0.15) is 5.82 Å². The zero-order valence-electron chi connectivity index (χ0n) is 17.6. The molecule has 2 heterocycles. The second-order valence-electron chi connectivity index (χ2n) is 7.49. The SMILES string of the molecule is CCc1ccc(-c2ccn3nc(N)nc3c2)c(F)c1C(=O)NCCCc1ccc(Cl)cc1. The van der Waals surface area contributed by atoms with E-state index in [0.29, 0.717) is 40.3 Å². The van der Waals surface area contributed by atoms with E-state index in [2.05, 4.69) is 15.4 Å². The molecule has 4 aromatic rings. The minimum atomic E-state index is -0.545. The lowest BCUT2D eigenvalue weighted by atomic mass is 9.96. The van der Waals surface area contributed by atoms with E-state index in [9.17, 15) is 4.79 Å². The molecule has 2 aromatic heterocycles. The van der Waals surface area contributed by atoms with Gasteiger partial charge in [0.15, 0.2) is 5.65 Å². The van der Waals surface area contributed by atoms with Crippen molar-refractivity contribution in [2.45, 2.75) is 26.2 Å². The van der Waals surface area contributed by atoms with Gasteiger partial charge in [-0.15, -0.1) is 5.10 Å². The average molecular weight is 452 g/mol. The number of anilines is 1. The van der Waals surface area contributed by atoms with Crippen molar-refractivity contribution in [1.82, 2.24) is 19.9 Å². The smallest absolute Gasteiger partial charge is 0.254 e. The average Bonchev–Trinajstić information content (AvgIpc) is 3.16. The first kappa shape index (κ1) is 21.8. The number of hydrogen-bond donors (Lipinski definition) is 2. The number of benzene rings is 2. The van der Waals surface area contributed by atoms with Gasteiger partial charge in [0.25, 0.3) is 5.91 Å². The van der Waals surface area contributed by atoms with Gasteiger partial charge in [0, 0.05) is 23.3 Å². The van der Waals surface area contributed by atoms with Crippen LogP contribution in [0.15, 0.2) is 54.7 Å². The predicted octanol–water partition coefficient (Wildman–Crippen LogP) is 4.70. The van der Waals surface area contributed by atoms with Crippen molar-refractivity contribution in [3.63, 3.8) is 0 Å². The highest BCUT2D eigenvalue weighted by Gasteiger charge is 2.20. The second kappa shape index (κ2) is 9.36. The third kappa shape index (κ3) is 4.57. The number of aromatic nitrogens is 3. The van der Waals surface area contributed by atoms with Gasteiger partial charge < -0.3 is 11.1 Å². The minimum Gasteiger partial charge on any atom is -0.366 e. The summed E-state index contributed by atoms with van der Waals surface area (Å²) < 4.78 is 17.1. The number of pyridine rings is 1. The highest BCUT2D eigenvalue weighted by atomic mass is 35.5. The number of rotatable bonds is 7. The summed E-state index contributed by atoms with van der Waals surface area (Å²) in [4.78, 5) is 17.0. The lowest BCUT2D eigenvalue weighted by molar-refractivity contribution is 0.0948. The summed E-state index contributed by atoms with van der Waals surface area (Å²) in [6, 6.07) is 14.5. The van der Waals surface area contributed by atoms with Crippen molar-refractivity contribution < 1.29 is 9.18 Å². The van der Waals surface area contributed by atoms with Crippen molar-refractivity contribution in [1.29, 1.82) is 0 Å². The van der Waals surface area contributed by atoms with Crippen molar-refractivity contribution >= 4 is 29.1 Å².